The van der Waals surface area contributed by atoms with Gasteiger partial charge in [-0.05, 0) is 23.3 Å². The van der Waals surface area contributed by atoms with E-state index in [-0.39, 0.29) is 12.2 Å². The molecule has 7 nitrogen and oxygen atoms in total. The Morgan fingerprint density at radius 2 is 1.76 bits per heavy atom. The van der Waals surface area contributed by atoms with Gasteiger partial charge in [-0.3, -0.25) is 9.59 Å². The van der Waals surface area contributed by atoms with Crippen molar-refractivity contribution < 1.29 is 19.5 Å². The second-order valence-electron chi connectivity index (χ2n) is 5.79. The minimum Gasteiger partial charge on any atom is -0.508 e. The maximum absolute atomic E-state index is 12.7. The summed E-state index contributed by atoms with van der Waals surface area (Å²) in [6, 6.07) is 12.3. The van der Waals surface area contributed by atoms with Crippen molar-refractivity contribution in [2.45, 2.75) is 18.5 Å². The van der Waals surface area contributed by atoms with Crippen molar-refractivity contribution in [1.82, 2.24) is 10.2 Å². The minimum absolute atomic E-state index is 0.0523. The summed E-state index contributed by atoms with van der Waals surface area (Å²) in [6.07, 6.45) is 0.150. The molecule has 1 heterocycles. The van der Waals surface area contributed by atoms with E-state index in [2.05, 4.69) is 5.32 Å². The third kappa shape index (κ3) is 3.30. The predicted molar refractivity (Wildman–Crippen MR) is 89.4 cm³/mol. The van der Waals surface area contributed by atoms with Crippen LogP contribution in [0, 0.1) is 0 Å². The zero-order valence-electron chi connectivity index (χ0n) is 13.3. The zero-order valence-corrected chi connectivity index (χ0v) is 13.3. The van der Waals surface area contributed by atoms with Crippen LogP contribution < -0.4 is 11.1 Å². The molecule has 3 rings (SSSR count). The summed E-state index contributed by atoms with van der Waals surface area (Å²) in [5.74, 6) is -1.24. The van der Waals surface area contributed by atoms with E-state index in [1.165, 1.54) is 24.3 Å². The highest BCUT2D eigenvalue weighted by Crippen LogP contribution is 2.26. The molecule has 4 N–H and O–H groups in total. The van der Waals surface area contributed by atoms with Gasteiger partial charge in [-0.2, -0.15) is 0 Å². The van der Waals surface area contributed by atoms with Gasteiger partial charge in [0.1, 0.15) is 17.8 Å². The SMILES string of the molecule is NC(=O)[C@H](Cc1ccccc1)N1C(=O)NC(c2ccc(O)cc2)C1=O. The molecule has 1 unspecified atom stereocenters. The van der Waals surface area contributed by atoms with Gasteiger partial charge in [-0.1, -0.05) is 42.5 Å². The van der Waals surface area contributed by atoms with Crippen LogP contribution in [-0.4, -0.2) is 33.9 Å². The smallest absolute Gasteiger partial charge is 0.325 e. The number of carbonyl (C=O) groups excluding carboxylic acids is 3. The standard InChI is InChI=1S/C18H17N3O4/c19-16(23)14(10-11-4-2-1-3-5-11)21-17(24)15(20-18(21)25)12-6-8-13(22)9-7-12/h1-9,14-15,22H,10H2,(H2,19,23)(H,20,25)/t14-,15?/m0/s1. The molecule has 4 amide bonds. The molecule has 2 atom stereocenters. The van der Waals surface area contributed by atoms with Gasteiger partial charge >= 0.3 is 6.03 Å². The fourth-order valence-corrected chi connectivity index (χ4v) is 2.84. The highest BCUT2D eigenvalue weighted by molar-refractivity contribution is 6.07. The Morgan fingerprint density at radius 1 is 1.12 bits per heavy atom. The Bertz CT molecular complexity index is 805. The number of primary amides is 1. The number of imide groups is 1. The lowest BCUT2D eigenvalue weighted by atomic mass is 10.0. The average Bonchev–Trinajstić information content (AvgIpc) is 2.89. The summed E-state index contributed by atoms with van der Waals surface area (Å²) in [6.45, 7) is 0. The first-order chi connectivity index (χ1) is 12.0. The van der Waals surface area contributed by atoms with Crippen molar-refractivity contribution >= 4 is 17.8 Å². The number of amides is 4. The van der Waals surface area contributed by atoms with E-state index >= 15 is 0 Å². The Morgan fingerprint density at radius 3 is 2.36 bits per heavy atom. The lowest BCUT2D eigenvalue weighted by Crippen LogP contribution is -2.49. The van der Waals surface area contributed by atoms with Gasteiger partial charge in [-0.25, -0.2) is 9.69 Å². The molecule has 0 spiro atoms. The van der Waals surface area contributed by atoms with Gasteiger partial charge in [0.15, 0.2) is 0 Å². The summed E-state index contributed by atoms with van der Waals surface area (Å²) in [5, 5.41) is 11.9. The van der Waals surface area contributed by atoms with Gasteiger partial charge in [0.05, 0.1) is 0 Å². The molecule has 0 aliphatic carbocycles. The predicted octanol–water partition coefficient (Wildman–Crippen LogP) is 1.08. The summed E-state index contributed by atoms with van der Waals surface area (Å²) in [7, 11) is 0. The number of nitrogens with one attached hydrogen (secondary N) is 1. The van der Waals surface area contributed by atoms with Crippen LogP contribution in [0.3, 0.4) is 0 Å². The number of hydrogen-bond donors (Lipinski definition) is 3. The number of rotatable bonds is 5. The number of nitrogens with two attached hydrogens (primary N) is 1. The molecule has 1 aliphatic rings. The highest BCUT2D eigenvalue weighted by atomic mass is 16.3. The number of phenols is 1. The topological polar surface area (TPSA) is 113 Å². The normalized spacial score (nSPS) is 18.1. The number of benzene rings is 2. The van der Waals surface area contributed by atoms with Crippen LogP contribution in [-0.2, 0) is 16.0 Å². The van der Waals surface area contributed by atoms with E-state index < -0.39 is 29.9 Å². The Hall–Kier alpha value is -3.35. The molecule has 7 heteroatoms. The van der Waals surface area contributed by atoms with Crippen LogP contribution in [0.4, 0.5) is 4.79 Å². The molecule has 2 aromatic rings. The van der Waals surface area contributed by atoms with Crippen molar-refractivity contribution in [3.63, 3.8) is 0 Å². The molecule has 1 fully saturated rings. The second-order valence-corrected chi connectivity index (χ2v) is 5.79. The maximum atomic E-state index is 12.7. The summed E-state index contributed by atoms with van der Waals surface area (Å²) >= 11 is 0. The lowest BCUT2D eigenvalue weighted by Gasteiger charge is -2.22. The molecule has 128 valence electrons. The first-order valence-corrected chi connectivity index (χ1v) is 7.73. The van der Waals surface area contributed by atoms with Crippen LogP contribution in [0.15, 0.2) is 54.6 Å². The van der Waals surface area contributed by atoms with E-state index in [0.29, 0.717) is 5.56 Å². The summed E-state index contributed by atoms with van der Waals surface area (Å²) in [5.41, 5.74) is 6.75. The molecule has 25 heavy (non-hydrogen) atoms. The molecule has 2 aromatic carbocycles. The molecule has 1 aliphatic heterocycles. The number of hydrogen-bond acceptors (Lipinski definition) is 4. The van der Waals surface area contributed by atoms with Crippen molar-refractivity contribution in [3.8, 4) is 5.75 Å². The van der Waals surface area contributed by atoms with Crippen molar-refractivity contribution in [2.75, 3.05) is 0 Å². The van der Waals surface area contributed by atoms with Crippen molar-refractivity contribution in [2.24, 2.45) is 5.73 Å². The summed E-state index contributed by atoms with van der Waals surface area (Å²) in [4.78, 5) is 37.8. The lowest BCUT2D eigenvalue weighted by molar-refractivity contribution is -0.134. The van der Waals surface area contributed by atoms with Gasteiger partial charge in [0, 0.05) is 6.42 Å². The molecule has 0 radical (unpaired) electrons. The third-order valence-corrected chi connectivity index (χ3v) is 4.11. The third-order valence-electron chi connectivity index (χ3n) is 4.11. The molecule has 0 aromatic heterocycles. The van der Waals surface area contributed by atoms with Crippen LogP contribution in [0.5, 0.6) is 5.75 Å². The fourth-order valence-electron chi connectivity index (χ4n) is 2.84. The molecular formula is C18H17N3O4. The largest absolute Gasteiger partial charge is 0.508 e. The maximum Gasteiger partial charge on any atom is 0.325 e. The molecule has 0 bridgehead atoms. The van der Waals surface area contributed by atoms with Crippen LogP contribution in [0.1, 0.15) is 17.2 Å². The zero-order chi connectivity index (χ0) is 18.0. The first kappa shape index (κ1) is 16.5. The number of phenolic OH excluding ortho intramolecular Hbond substituents is 1. The minimum atomic E-state index is -1.07. The molecule has 0 saturated carbocycles. The van der Waals surface area contributed by atoms with Crippen LogP contribution in [0.2, 0.25) is 0 Å². The monoisotopic (exact) mass is 339 g/mol. The van der Waals surface area contributed by atoms with E-state index in [9.17, 15) is 19.5 Å². The van der Waals surface area contributed by atoms with Crippen molar-refractivity contribution in [3.05, 3.63) is 65.7 Å². The molecule has 1 saturated heterocycles. The Kier molecular flexibility index (Phi) is 4.38. The quantitative estimate of drug-likeness (QED) is 0.708. The van der Waals surface area contributed by atoms with E-state index in [1.807, 2.05) is 6.07 Å². The second kappa shape index (κ2) is 6.64. The van der Waals surface area contributed by atoms with Gasteiger partial charge in [0.2, 0.25) is 5.91 Å². The van der Waals surface area contributed by atoms with Gasteiger partial charge < -0.3 is 16.2 Å². The van der Waals surface area contributed by atoms with Crippen LogP contribution in [0.25, 0.3) is 0 Å². The van der Waals surface area contributed by atoms with Crippen molar-refractivity contribution in [1.29, 1.82) is 0 Å². The Labute approximate surface area is 144 Å². The van der Waals surface area contributed by atoms with Crippen LogP contribution >= 0.6 is 0 Å². The number of aromatic hydroxyl groups is 1. The van der Waals surface area contributed by atoms with Gasteiger partial charge in [0.25, 0.3) is 5.91 Å². The van der Waals surface area contributed by atoms with E-state index in [0.717, 1.165) is 10.5 Å². The van der Waals surface area contributed by atoms with E-state index in [1.54, 1.807) is 24.3 Å². The number of urea groups is 1. The van der Waals surface area contributed by atoms with E-state index in [4.69, 9.17) is 5.73 Å². The van der Waals surface area contributed by atoms with Gasteiger partial charge in [-0.15, -0.1) is 0 Å². The highest BCUT2D eigenvalue weighted by Gasteiger charge is 2.44. The number of carbonyl (C=O) groups is 3. The molecular weight excluding hydrogens is 322 g/mol. The Balaban J connectivity index is 1.86. The first-order valence-electron chi connectivity index (χ1n) is 7.73. The number of nitrogens with zero attached hydrogens (tertiary/aromatic N) is 1. The summed E-state index contributed by atoms with van der Waals surface area (Å²) < 4.78 is 0. The fraction of sp³-hybridized carbons (Fsp3) is 0.167. The average molecular weight is 339 g/mol.